The summed E-state index contributed by atoms with van der Waals surface area (Å²) in [4.78, 5) is 10.2. The fourth-order valence-corrected chi connectivity index (χ4v) is 7.96. The van der Waals surface area contributed by atoms with Gasteiger partial charge in [-0.05, 0) is 13.8 Å². The second-order valence-corrected chi connectivity index (χ2v) is 15.9. The number of benzene rings is 2. The first-order valence-corrected chi connectivity index (χ1v) is 21.6. The minimum absolute atomic E-state index is 0.407. The van der Waals surface area contributed by atoms with Gasteiger partial charge in [0.15, 0.2) is 0 Å². The molecule has 0 radical (unpaired) electrons. The molecule has 5 rings (SSSR count). The van der Waals surface area contributed by atoms with Crippen molar-refractivity contribution in [2.24, 2.45) is 0 Å². The molecule has 0 amide bonds. The molecule has 0 spiro atoms. The Morgan fingerprint density at radius 1 is 0.321 bits per heavy atom. The van der Waals surface area contributed by atoms with Crippen molar-refractivity contribution in [3.05, 3.63) is 57.6 Å². The van der Waals surface area contributed by atoms with Crippen molar-refractivity contribution < 1.29 is 10.2 Å². The highest BCUT2D eigenvalue weighted by Gasteiger charge is 2.15. The molecular formula is C42H76N12O2. The Labute approximate surface area is 337 Å². The molecule has 14 nitrogen and oxygen atoms in total. The Morgan fingerprint density at radius 3 is 0.821 bits per heavy atom. The normalized spacial score (nSPS) is 26.5. The zero-order valence-corrected chi connectivity index (χ0v) is 34.8. The van der Waals surface area contributed by atoms with Crippen molar-refractivity contribution in [2.75, 3.05) is 157 Å². The lowest BCUT2D eigenvalue weighted by Crippen LogP contribution is -2.42. The Kier molecular flexibility index (Phi) is 20.6. The average molecular weight is 781 g/mol. The SMILES string of the molecule is Cc1cc2c(O)c(c1)CNCCN1CCNCCN(CCNCc3cc(C)cc(c3O)CNCCNCCN3CCNCCN(CCNCCNC2)CC3)CC1. The molecular weight excluding hydrogens is 705 g/mol. The maximum atomic E-state index is 11.2. The molecule has 3 heterocycles. The van der Waals surface area contributed by atoms with E-state index < -0.39 is 0 Å². The van der Waals surface area contributed by atoms with E-state index in [1.165, 1.54) is 11.1 Å². The summed E-state index contributed by atoms with van der Waals surface area (Å²) in [5.74, 6) is 0.814. The fraction of sp³-hybridized carbons (Fsp3) is 0.714. The molecule has 2 saturated heterocycles. The number of phenols is 2. The van der Waals surface area contributed by atoms with Crippen LogP contribution in [0.4, 0.5) is 0 Å². The Bertz CT molecular complexity index is 1300. The van der Waals surface area contributed by atoms with E-state index in [4.69, 9.17) is 0 Å². The molecule has 2 aromatic rings. The lowest BCUT2D eigenvalue weighted by molar-refractivity contribution is 0.219. The monoisotopic (exact) mass is 781 g/mol. The standard InChI is InChI=1S/C42H76N12O2/c1-35-27-37-31-47-5-3-43-7-15-51-17-9-45-10-18-52(24-23-51)16-8-44-4-6-48-32-38-28-36(2)30-40(42(38)56)34-50-14-22-54-20-12-46-11-19-53(25-26-54)21-13-49-33-39(29-35)41(37)55/h27-30,43-50,55-56H,3-26,31-34H2,1-2H3. The van der Waals surface area contributed by atoms with E-state index in [1.807, 2.05) is 0 Å². The van der Waals surface area contributed by atoms with E-state index in [0.29, 0.717) is 37.7 Å². The van der Waals surface area contributed by atoms with Crippen LogP contribution in [0.1, 0.15) is 33.4 Å². The molecule has 3 aliphatic rings. The fourth-order valence-electron chi connectivity index (χ4n) is 7.96. The predicted molar refractivity (Wildman–Crippen MR) is 230 cm³/mol. The second-order valence-electron chi connectivity index (χ2n) is 15.9. The number of hydrogen-bond donors (Lipinski definition) is 10. The van der Waals surface area contributed by atoms with Crippen LogP contribution in [0.3, 0.4) is 0 Å². The lowest BCUT2D eigenvalue weighted by Gasteiger charge is -2.26. The van der Waals surface area contributed by atoms with Crippen LogP contribution in [0.25, 0.3) is 0 Å². The molecule has 3 aliphatic heterocycles. The number of rotatable bonds is 0. The summed E-state index contributed by atoms with van der Waals surface area (Å²) >= 11 is 0. The van der Waals surface area contributed by atoms with Crippen molar-refractivity contribution in [2.45, 2.75) is 40.0 Å². The summed E-state index contributed by atoms with van der Waals surface area (Å²) in [5.41, 5.74) is 6.21. The average Bonchev–Trinajstić information content (AvgIpc) is 3.37. The Hall–Kier alpha value is -2.44. The molecule has 0 aliphatic carbocycles. The highest BCUT2D eigenvalue weighted by atomic mass is 16.3. The van der Waals surface area contributed by atoms with Crippen LogP contribution < -0.4 is 42.5 Å². The van der Waals surface area contributed by atoms with Gasteiger partial charge < -0.3 is 52.7 Å². The molecule has 8 bridgehead atoms. The van der Waals surface area contributed by atoms with Gasteiger partial charge in [-0.15, -0.1) is 0 Å². The highest BCUT2D eigenvalue weighted by molar-refractivity contribution is 5.44. The molecule has 316 valence electrons. The summed E-state index contributed by atoms with van der Waals surface area (Å²) in [6.45, 7) is 30.5. The molecule has 0 aromatic heterocycles. The van der Waals surface area contributed by atoms with Gasteiger partial charge >= 0.3 is 0 Å². The quantitative estimate of drug-likeness (QED) is 0.166. The van der Waals surface area contributed by atoms with Gasteiger partial charge in [0.25, 0.3) is 0 Å². The van der Waals surface area contributed by atoms with Crippen LogP contribution in [0.5, 0.6) is 11.5 Å². The largest absolute Gasteiger partial charge is 0.507 e. The van der Waals surface area contributed by atoms with E-state index in [9.17, 15) is 10.2 Å². The second kappa shape index (κ2) is 25.8. The van der Waals surface area contributed by atoms with Crippen LogP contribution >= 0.6 is 0 Å². The predicted octanol–water partition coefficient (Wildman–Crippen LogP) is -0.620. The highest BCUT2D eigenvalue weighted by Crippen LogP contribution is 2.25. The van der Waals surface area contributed by atoms with Crippen LogP contribution in [0.15, 0.2) is 24.3 Å². The van der Waals surface area contributed by atoms with Crippen LogP contribution in [0.2, 0.25) is 0 Å². The smallest absolute Gasteiger partial charge is 0.124 e. The number of hydrogen-bond acceptors (Lipinski definition) is 14. The van der Waals surface area contributed by atoms with Crippen molar-refractivity contribution >= 4 is 0 Å². The van der Waals surface area contributed by atoms with E-state index >= 15 is 0 Å². The number of aromatic hydroxyl groups is 2. The molecule has 0 saturated carbocycles. The first kappa shape index (κ1) is 44.7. The first-order chi connectivity index (χ1) is 27.4. The number of nitrogens with zero attached hydrogens (tertiary/aromatic N) is 4. The number of fused-ring (bicyclic) bond motifs is 10. The molecule has 56 heavy (non-hydrogen) atoms. The third kappa shape index (κ3) is 16.4. The number of aryl methyl sites for hydroxylation is 2. The van der Waals surface area contributed by atoms with Gasteiger partial charge in [0.05, 0.1) is 0 Å². The molecule has 4 unspecified atom stereocenters. The van der Waals surface area contributed by atoms with Crippen molar-refractivity contribution in [1.29, 1.82) is 0 Å². The van der Waals surface area contributed by atoms with Gasteiger partial charge in [-0.1, -0.05) is 35.4 Å². The molecule has 4 atom stereocenters. The van der Waals surface area contributed by atoms with Gasteiger partial charge in [0.2, 0.25) is 0 Å². The van der Waals surface area contributed by atoms with Gasteiger partial charge in [-0.2, -0.15) is 0 Å². The van der Waals surface area contributed by atoms with Crippen molar-refractivity contribution in [3.8, 4) is 11.5 Å². The molecule has 14 heteroatoms. The van der Waals surface area contributed by atoms with E-state index in [1.54, 1.807) is 0 Å². The summed E-state index contributed by atoms with van der Waals surface area (Å²) in [6.07, 6.45) is 0. The van der Waals surface area contributed by atoms with Crippen molar-refractivity contribution in [1.82, 2.24) is 62.1 Å². The maximum absolute atomic E-state index is 11.2. The molecule has 10 N–H and O–H groups in total. The topological polar surface area (TPSA) is 150 Å². The molecule has 2 fully saturated rings. The minimum atomic E-state index is 0.407. The van der Waals surface area contributed by atoms with Crippen LogP contribution in [0, 0.1) is 13.8 Å². The zero-order valence-electron chi connectivity index (χ0n) is 34.8. The van der Waals surface area contributed by atoms with Crippen molar-refractivity contribution in [3.63, 3.8) is 0 Å². The van der Waals surface area contributed by atoms with Gasteiger partial charge in [-0.3, -0.25) is 19.6 Å². The molecule has 2 aromatic carbocycles. The summed E-state index contributed by atoms with van der Waals surface area (Å²) in [5, 5.41) is 51.2. The maximum Gasteiger partial charge on any atom is 0.124 e. The first-order valence-electron chi connectivity index (χ1n) is 21.6. The van der Waals surface area contributed by atoms with E-state index in [2.05, 4.69) is 100 Å². The third-order valence-electron chi connectivity index (χ3n) is 11.3. The zero-order chi connectivity index (χ0) is 39.2. The van der Waals surface area contributed by atoms with Crippen LogP contribution in [-0.4, -0.2) is 187 Å². The van der Waals surface area contributed by atoms with Gasteiger partial charge in [0, 0.05) is 206 Å². The van der Waals surface area contributed by atoms with Gasteiger partial charge in [-0.25, -0.2) is 0 Å². The van der Waals surface area contributed by atoms with Gasteiger partial charge in [0.1, 0.15) is 11.5 Å². The Morgan fingerprint density at radius 2 is 0.536 bits per heavy atom. The Balaban J connectivity index is 1.15. The summed E-state index contributed by atoms with van der Waals surface area (Å²) in [7, 11) is 0. The third-order valence-corrected chi connectivity index (χ3v) is 11.3. The van der Waals surface area contributed by atoms with E-state index in [0.717, 1.165) is 179 Å². The summed E-state index contributed by atoms with van der Waals surface area (Å²) in [6, 6.07) is 8.42. The van der Waals surface area contributed by atoms with Crippen LogP contribution in [-0.2, 0) is 26.2 Å². The number of nitrogens with one attached hydrogen (secondary N) is 8. The van der Waals surface area contributed by atoms with E-state index in [-0.39, 0.29) is 0 Å². The summed E-state index contributed by atoms with van der Waals surface area (Å²) < 4.78 is 0. The number of phenolic OH excluding ortho intramolecular Hbond substituents is 2. The minimum Gasteiger partial charge on any atom is -0.507 e. The lowest BCUT2D eigenvalue weighted by atomic mass is 10.0.